The number of hydrogen-bond donors (Lipinski definition) is 2. The van der Waals surface area contributed by atoms with Crippen molar-refractivity contribution < 1.29 is 4.42 Å². The highest BCUT2D eigenvalue weighted by molar-refractivity contribution is 9.10. The molecule has 4 heteroatoms. The van der Waals surface area contributed by atoms with Gasteiger partial charge in [0, 0.05) is 12.0 Å². The maximum Gasteiger partial charge on any atom is 0.171 e. The Labute approximate surface area is 85.8 Å². The van der Waals surface area contributed by atoms with Crippen molar-refractivity contribution in [3.8, 4) is 0 Å². The number of anilines is 1. The summed E-state index contributed by atoms with van der Waals surface area (Å²) in [6.45, 7) is 2.12. The normalized spacial score (nSPS) is 19.2. The number of halogens is 1. The van der Waals surface area contributed by atoms with Gasteiger partial charge >= 0.3 is 0 Å². The van der Waals surface area contributed by atoms with Crippen molar-refractivity contribution in [1.29, 1.82) is 0 Å². The molecule has 0 unspecified atom stereocenters. The molecule has 2 heterocycles. The van der Waals surface area contributed by atoms with Crippen LogP contribution in [-0.2, 0) is 0 Å². The molecule has 0 radical (unpaired) electrons. The van der Waals surface area contributed by atoms with E-state index in [2.05, 4.69) is 21.2 Å². The van der Waals surface area contributed by atoms with E-state index >= 15 is 0 Å². The van der Waals surface area contributed by atoms with Gasteiger partial charge in [0.1, 0.15) is 5.76 Å². The van der Waals surface area contributed by atoms with Crippen molar-refractivity contribution >= 4 is 21.6 Å². The van der Waals surface area contributed by atoms with E-state index in [9.17, 15) is 0 Å². The number of nitrogen functional groups attached to an aromatic ring is 1. The second kappa shape index (κ2) is 3.72. The molecule has 2 rings (SSSR count). The second-order valence-electron chi connectivity index (χ2n) is 3.39. The highest BCUT2D eigenvalue weighted by atomic mass is 79.9. The fraction of sp³-hybridized carbons (Fsp3) is 0.556. The molecule has 0 spiro atoms. The standard InChI is InChI=1S/C9H13BrN2O/c10-8-5-7(11)9(13-8)6-1-3-12-4-2-6/h5-6,12H,1-4,11H2. The summed E-state index contributed by atoms with van der Waals surface area (Å²) in [5.74, 6) is 1.45. The molecule has 1 fully saturated rings. The Bertz CT molecular complexity index is 292. The summed E-state index contributed by atoms with van der Waals surface area (Å²) in [5.41, 5.74) is 6.60. The molecule has 1 aliphatic rings. The zero-order valence-corrected chi connectivity index (χ0v) is 8.93. The Hall–Kier alpha value is -0.480. The summed E-state index contributed by atoms with van der Waals surface area (Å²) in [5, 5.41) is 3.32. The van der Waals surface area contributed by atoms with Crippen LogP contribution in [-0.4, -0.2) is 13.1 Å². The van der Waals surface area contributed by atoms with Crippen molar-refractivity contribution in [2.24, 2.45) is 0 Å². The van der Waals surface area contributed by atoms with E-state index in [0.717, 1.165) is 42.0 Å². The Morgan fingerprint density at radius 2 is 2.15 bits per heavy atom. The van der Waals surface area contributed by atoms with Gasteiger partial charge in [0.25, 0.3) is 0 Å². The number of hydrogen-bond acceptors (Lipinski definition) is 3. The van der Waals surface area contributed by atoms with Gasteiger partial charge < -0.3 is 15.5 Å². The van der Waals surface area contributed by atoms with Crippen molar-refractivity contribution in [3.63, 3.8) is 0 Å². The molecule has 1 aliphatic heterocycles. The van der Waals surface area contributed by atoms with Crippen molar-refractivity contribution in [3.05, 3.63) is 16.5 Å². The van der Waals surface area contributed by atoms with Crippen LogP contribution in [0.5, 0.6) is 0 Å². The molecule has 0 aromatic carbocycles. The first-order valence-corrected chi connectivity index (χ1v) is 5.32. The molecule has 72 valence electrons. The van der Waals surface area contributed by atoms with Crippen LogP contribution in [0.2, 0.25) is 0 Å². The lowest BCUT2D eigenvalue weighted by atomic mass is 9.95. The van der Waals surface area contributed by atoms with Gasteiger partial charge in [-0.2, -0.15) is 0 Å². The van der Waals surface area contributed by atoms with Crippen LogP contribution >= 0.6 is 15.9 Å². The average Bonchev–Trinajstić information content (AvgIpc) is 2.47. The third-order valence-corrected chi connectivity index (χ3v) is 2.86. The Morgan fingerprint density at radius 1 is 1.46 bits per heavy atom. The van der Waals surface area contributed by atoms with Crippen molar-refractivity contribution in [2.45, 2.75) is 18.8 Å². The van der Waals surface area contributed by atoms with Crippen molar-refractivity contribution in [1.82, 2.24) is 5.32 Å². The predicted octanol–water partition coefficient (Wildman–Crippen LogP) is 2.09. The Morgan fingerprint density at radius 3 is 2.69 bits per heavy atom. The highest BCUT2D eigenvalue weighted by Crippen LogP contribution is 2.33. The zero-order chi connectivity index (χ0) is 9.26. The quantitative estimate of drug-likeness (QED) is 0.796. The predicted molar refractivity (Wildman–Crippen MR) is 55.7 cm³/mol. The van der Waals surface area contributed by atoms with Crippen LogP contribution in [0, 0.1) is 0 Å². The van der Waals surface area contributed by atoms with Crippen molar-refractivity contribution in [2.75, 3.05) is 18.8 Å². The molecule has 1 aromatic rings. The van der Waals surface area contributed by atoms with E-state index in [-0.39, 0.29) is 0 Å². The maximum atomic E-state index is 5.83. The molecule has 3 nitrogen and oxygen atoms in total. The van der Waals surface area contributed by atoms with Gasteiger partial charge in [-0.15, -0.1) is 0 Å². The van der Waals surface area contributed by atoms with Gasteiger partial charge in [0.05, 0.1) is 5.69 Å². The monoisotopic (exact) mass is 244 g/mol. The molecule has 13 heavy (non-hydrogen) atoms. The summed E-state index contributed by atoms with van der Waals surface area (Å²) in [4.78, 5) is 0. The summed E-state index contributed by atoms with van der Waals surface area (Å²) in [6, 6.07) is 1.83. The minimum atomic E-state index is 0.493. The molecule has 1 aromatic heterocycles. The van der Waals surface area contributed by atoms with E-state index in [4.69, 9.17) is 10.2 Å². The van der Waals surface area contributed by atoms with Crippen LogP contribution in [0.1, 0.15) is 24.5 Å². The number of piperidine rings is 1. The molecule has 0 amide bonds. The van der Waals surface area contributed by atoms with Gasteiger partial charge in [-0.05, 0) is 41.9 Å². The Balaban J connectivity index is 2.18. The largest absolute Gasteiger partial charge is 0.452 e. The molecule has 3 N–H and O–H groups in total. The third kappa shape index (κ3) is 1.89. The fourth-order valence-corrected chi connectivity index (χ4v) is 2.21. The molecule has 0 aliphatic carbocycles. The van der Waals surface area contributed by atoms with E-state index in [1.165, 1.54) is 0 Å². The molecule has 0 atom stereocenters. The van der Waals surface area contributed by atoms with Crippen LogP contribution in [0.15, 0.2) is 15.2 Å². The van der Waals surface area contributed by atoms with E-state index < -0.39 is 0 Å². The molecular weight excluding hydrogens is 232 g/mol. The van der Waals surface area contributed by atoms with Crippen LogP contribution < -0.4 is 11.1 Å². The van der Waals surface area contributed by atoms with Gasteiger partial charge in [-0.1, -0.05) is 0 Å². The number of furan rings is 1. The molecule has 0 bridgehead atoms. The Kier molecular flexibility index (Phi) is 2.60. The minimum Gasteiger partial charge on any atom is -0.452 e. The molecular formula is C9H13BrN2O. The zero-order valence-electron chi connectivity index (χ0n) is 7.35. The first kappa shape index (κ1) is 9.09. The lowest BCUT2D eigenvalue weighted by Gasteiger charge is -2.20. The average molecular weight is 245 g/mol. The lowest BCUT2D eigenvalue weighted by molar-refractivity contribution is 0.380. The lowest BCUT2D eigenvalue weighted by Crippen LogP contribution is -2.26. The summed E-state index contributed by atoms with van der Waals surface area (Å²) < 4.78 is 6.25. The minimum absolute atomic E-state index is 0.493. The van der Waals surface area contributed by atoms with E-state index in [0.29, 0.717) is 5.92 Å². The number of rotatable bonds is 1. The SMILES string of the molecule is Nc1cc(Br)oc1C1CCNCC1. The van der Waals surface area contributed by atoms with Crippen LogP contribution in [0.4, 0.5) is 5.69 Å². The molecule has 1 saturated heterocycles. The van der Waals surface area contributed by atoms with E-state index in [1.54, 1.807) is 0 Å². The molecule has 0 saturated carbocycles. The fourth-order valence-electron chi connectivity index (χ4n) is 1.79. The maximum absolute atomic E-state index is 5.83. The first-order valence-electron chi connectivity index (χ1n) is 4.53. The summed E-state index contributed by atoms with van der Waals surface area (Å²) >= 11 is 3.29. The topological polar surface area (TPSA) is 51.2 Å². The number of nitrogens with one attached hydrogen (secondary N) is 1. The van der Waals surface area contributed by atoms with Gasteiger partial charge in [0.15, 0.2) is 4.67 Å². The first-order chi connectivity index (χ1) is 6.27. The number of nitrogens with two attached hydrogens (primary N) is 1. The van der Waals surface area contributed by atoms with Gasteiger partial charge in [-0.3, -0.25) is 0 Å². The smallest absolute Gasteiger partial charge is 0.171 e. The van der Waals surface area contributed by atoms with Crippen LogP contribution in [0.25, 0.3) is 0 Å². The second-order valence-corrected chi connectivity index (χ2v) is 4.18. The van der Waals surface area contributed by atoms with Gasteiger partial charge in [-0.25, -0.2) is 0 Å². The van der Waals surface area contributed by atoms with E-state index in [1.807, 2.05) is 6.07 Å². The summed E-state index contributed by atoms with van der Waals surface area (Å²) in [7, 11) is 0. The third-order valence-electron chi connectivity index (χ3n) is 2.47. The summed E-state index contributed by atoms with van der Waals surface area (Å²) in [6.07, 6.45) is 2.23. The van der Waals surface area contributed by atoms with Crippen LogP contribution in [0.3, 0.4) is 0 Å². The highest BCUT2D eigenvalue weighted by Gasteiger charge is 2.21. The van der Waals surface area contributed by atoms with Gasteiger partial charge in [0.2, 0.25) is 0 Å².